The average Bonchev–Trinajstić information content (AvgIpc) is 3.62. The lowest BCUT2D eigenvalue weighted by molar-refractivity contribution is -0.137. The minimum Gasteiger partial charge on any atom is -0.493 e. The number of ether oxygens (including phenoxy) is 4. The number of rotatable bonds is 18. The van der Waals surface area contributed by atoms with E-state index in [0.29, 0.717) is 61.3 Å². The van der Waals surface area contributed by atoms with E-state index in [2.05, 4.69) is 65.4 Å². The summed E-state index contributed by atoms with van der Waals surface area (Å²) >= 11 is 6.78. The maximum atomic E-state index is 10.9. The summed E-state index contributed by atoms with van der Waals surface area (Å²) in [4.78, 5) is 17.7. The molecule has 0 atom stereocenters. The second-order valence-electron chi connectivity index (χ2n) is 14.4. The van der Waals surface area contributed by atoms with Gasteiger partial charge in [-0.25, -0.2) is 0 Å². The molecule has 0 aliphatic carbocycles. The van der Waals surface area contributed by atoms with E-state index >= 15 is 0 Å². The summed E-state index contributed by atoms with van der Waals surface area (Å²) in [7, 11) is 0. The van der Waals surface area contributed by atoms with Crippen molar-refractivity contribution in [2.24, 2.45) is 5.41 Å². The Morgan fingerprint density at radius 3 is 2.45 bits per heavy atom. The van der Waals surface area contributed by atoms with Gasteiger partial charge in [-0.15, -0.1) is 0 Å². The third-order valence-electron chi connectivity index (χ3n) is 10.7. The minimum absolute atomic E-state index is 0.112. The lowest BCUT2D eigenvalue weighted by Crippen LogP contribution is -2.41. The molecular formula is C43H52ClN3O6. The number of carboxylic acid groups (broad SMARTS) is 1. The van der Waals surface area contributed by atoms with Crippen molar-refractivity contribution in [1.29, 1.82) is 0 Å². The van der Waals surface area contributed by atoms with Crippen molar-refractivity contribution >= 4 is 17.6 Å². The fourth-order valence-corrected chi connectivity index (χ4v) is 7.55. The SMILES string of the molecule is Cc1c(COc2cc(OCc3cccnc3)c(CNCCCC(=O)O)cc2Cl)cccc1-c1cccc(OCCCN2CCC3(CCOC3)CC2)c1C. The molecule has 2 N–H and O–H groups in total. The largest absolute Gasteiger partial charge is 0.493 e. The molecule has 2 saturated heterocycles. The molecule has 1 spiro atoms. The van der Waals surface area contributed by atoms with Crippen molar-refractivity contribution in [3.63, 3.8) is 0 Å². The second-order valence-corrected chi connectivity index (χ2v) is 14.8. The van der Waals surface area contributed by atoms with Crippen molar-refractivity contribution in [2.45, 2.75) is 72.1 Å². The van der Waals surface area contributed by atoms with Crippen LogP contribution in [0.3, 0.4) is 0 Å². The summed E-state index contributed by atoms with van der Waals surface area (Å²) in [6, 6.07) is 20.1. The molecule has 53 heavy (non-hydrogen) atoms. The number of aliphatic carboxylic acids is 1. The minimum atomic E-state index is -0.808. The van der Waals surface area contributed by atoms with Crippen molar-refractivity contribution in [3.8, 4) is 28.4 Å². The predicted molar refractivity (Wildman–Crippen MR) is 208 cm³/mol. The quantitative estimate of drug-likeness (QED) is 0.0974. The summed E-state index contributed by atoms with van der Waals surface area (Å²) in [5.74, 6) is 1.28. The first-order chi connectivity index (χ1) is 25.8. The Hall–Kier alpha value is -4.15. The molecular weight excluding hydrogens is 690 g/mol. The third kappa shape index (κ3) is 10.5. The van der Waals surface area contributed by atoms with Gasteiger partial charge in [0.2, 0.25) is 0 Å². The molecule has 10 heteroatoms. The maximum Gasteiger partial charge on any atom is 0.303 e. The van der Waals surface area contributed by atoms with Crippen molar-refractivity contribution in [1.82, 2.24) is 15.2 Å². The Bertz CT molecular complexity index is 1800. The summed E-state index contributed by atoms with van der Waals surface area (Å²) < 4.78 is 24.7. The number of likely N-dealkylation sites (tertiary alicyclic amines) is 1. The summed E-state index contributed by atoms with van der Waals surface area (Å²) in [5, 5.41) is 12.7. The van der Waals surface area contributed by atoms with E-state index < -0.39 is 5.97 Å². The fraction of sp³-hybridized carbons (Fsp3) is 0.442. The zero-order valence-corrected chi connectivity index (χ0v) is 31.8. The topological polar surface area (TPSA) is 102 Å². The van der Waals surface area contributed by atoms with Crippen LogP contribution in [0.5, 0.6) is 17.2 Å². The number of carboxylic acids is 1. The van der Waals surface area contributed by atoms with Gasteiger partial charge in [0.15, 0.2) is 0 Å². The molecule has 3 aromatic carbocycles. The molecule has 0 saturated carbocycles. The van der Waals surface area contributed by atoms with E-state index in [4.69, 9.17) is 35.7 Å². The van der Waals surface area contributed by atoms with Crippen LogP contribution in [0.25, 0.3) is 11.1 Å². The lowest BCUT2D eigenvalue weighted by Gasteiger charge is -2.38. The van der Waals surface area contributed by atoms with E-state index in [-0.39, 0.29) is 6.42 Å². The highest BCUT2D eigenvalue weighted by atomic mass is 35.5. The Kier molecular flexibility index (Phi) is 13.6. The van der Waals surface area contributed by atoms with E-state index in [9.17, 15) is 4.79 Å². The zero-order chi connectivity index (χ0) is 37.0. The number of hydrogen-bond acceptors (Lipinski definition) is 8. The summed E-state index contributed by atoms with van der Waals surface area (Å²) in [6.07, 6.45) is 8.86. The van der Waals surface area contributed by atoms with Gasteiger partial charge in [-0.05, 0) is 117 Å². The van der Waals surface area contributed by atoms with Gasteiger partial charge < -0.3 is 34.3 Å². The van der Waals surface area contributed by atoms with Gasteiger partial charge in [-0.2, -0.15) is 0 Å². The Balaban J connectivity index is 1.08. The van der Waals surface area contributed by atoms with E-state index in [1.807, 2.05) is 24.3 Å². The van der Waals surface area contributed by atoms with Gasteiger partial charge in [-0.1, -0.05) is 48.0 Å². The van der Waals surface area contributed by atoms with Gasteiger partial charge in [0.1, 0.15) is 30.5 Å². The smallest absolute Gasteiger partial charge is 0.303 e. The molecule has 2 fully saturated rings. The molecule has 0 radical (unpaired) electrons. The summed E-state index contributed by atoms with van der Waals surface area (Å²) in [5.41, 5.74) is 7.84. The molecule has 4 aromatic rings. The molecule has 9 nitrogen and oxygen atoms in total. The number of halogens is 1. The molecule has 0 bridgehead atoms. The van der Waals surface area contributed by atoms with Crippen molar-refractivity contribution in [2.75, 3.05) is 46.0 Å². The molecule has 2 aliphatic heterocycles. The van der Waals surface area contributed by atoms with Crippen molar-refractivity contribution < 1.29 is 28.8 Å². The van der Waals surface area contributed by atoms with Crippen LogP contribution < -0.4 is 19.5 Å². The van der Waals surface area contributed by atoms with Crippen LogP contribution in [0.4, 0.5) is 0 Å². The highest BCUT2D eigenvalue weighted by Crippen LogP contribution is 2.39. The highest BCUT2D eigenvalue weighted by Gasteiger charge is 2.37. The van der Waals surface area contributed by atoms with Crippen LogP contribution in [0, 0.1) is 19.3 Å². The monoisotopic (exact) mass is 741 g/mol. The van der Waals surface area contributed by atoms with E-state index in [1.165, 1.54) is 19.3 Å². The van der Waals surface area contributed by atoms with E-state index in [1.54, 1.807) is 12.4 Å². The molecule has 282 valence electrons. The standard InChI is InChI=1S/C43H52ClN3O6/c1-31-34(29-53-41-25-40(52-28-33-8-5-17-45-26-33)35(24-38(41)44)27-46-18-6-13-42(48)49)9-3-10-36(31)37-11-4-12-39(32(37)2)51-22-7-19-47-20-14-43(15-21-47)16-23-50-30-43/h3-5,8-12,17,24-26,46H,6-7,13-16,18-23,27-30H2,1-2H3,(H,48,49). The predicted octanol–water partition coefficient (Wildman–Crippen LogP) is 8.40. The Morgan fingerprint density at radius 2 is 1.70 bits per heavy atom. The number of carbonyl (C=O) groups is 1. The number of benzene rings is 3. The van der Waals surface area contributed by atoms with Crippen LogP contribution in [-0.4, -0.2) is 67.0 Å². The molecule has 2 aliphatic rings. The van der Waals surface area contributed by atoms with Crippen LogP contribution in [0.2, 0.25) is 5.02 Å². The first-order valence-electron chi connectivity index (χ1n) is 18.8. The number of pyridine rings is 1. The maximum absolute atomic E-state index is 10.9. The fourth-order valence-electron chi connectivity index (χ4n) is 7.31. The Labute approximate surface area is 318 Å². The normalized spacial score (nSPS) is 15.5. The van der Waals surface area contributed by atoms with Gasteiger partial charge >= 0.3 is 5.97 Å². The Morgan fingerprint density at radius 1 is 0.906 bits per heavy atom. The van der Waals surface area contributed by atoms with Crippen LogP contribution in [0.1, 0.15) is 66.3 Å². The lowest BCUT2D eigenvalue weighted by atomic mass is 9.78. The average molecular weight is 742 g/mol. The van der Waals surface area contributed by atoms with E-state index in [0.717, 1.165) is 84.0 Å². The first kappa shape index (κ1) is 38.6. The van der Waals surface area contributed by atoms with Crippen molar-refractivity contribution in [3.05, 3.63) is 106 Å². The molecule has 3 heterocycles. The molecule has 0 amide bonds. The highest BCUT2D eigenvalue weighted by molar-refractivity contribution is 6.32. The second kappa shape index (κ2) is 18.7. The van der Waals surface area contributed by atoms with Gasteiger partial charge in [0.25, 0.3) is 0 Å². The molecule has 1 aromatic heterocycles. The van der Waals surface area contributed by atoms with Gasteiger partial charge in [-0.3, -0.25) is 9.78 Å². The molecule has 6 rings (SSSR count). The number of hydrogen-bond donors (Lipinski definition) is 2. The zero-order valence-electron chi connectivity index (χ0n) is 31.0. The first-order valence-corrected chi connectivity index (χ1v) is 19.2. The number of piperidine rings is 1. The number of nitrogens with one attached hydrogen (secondary N) is 1. The van der Waals surface area contributed by atoms with Crippen LogP contribution in [-0.2, 0) is 29.3 Å². The number of nitrogens with zero attached hydrogens (tertiary/aromatic N) is 2. The summed E-state index contributed by atoms with van der Waals surface area (Å²) in [6.45, 7) is 11.9. The van der Waals surface area contributed by atoms with Crippen LogP contribution >= 0.6 is 11.6 Å². The van der Waals surface area contributed by atoms with Crippen LogP contribution in [0.15, 0.2) is 73.1 Å². The van der Waals surface area contributed by atoms with Gasteiger partial charge in [0.05, 0.1) is 18.2 Å². The molecule has 0 unspecified atom stereocenters. The number of aromatic nitrogens is 1. The van der Waals surface area contributed by atoms with Gasteiger partial charge in [0, 0.05) is 55.7 Å². The third-order valence-corrected chi connectivity index (χ3v) is 11.0.